The molecule has 0 aromatic carbocycles. The first-order valence-corrected chi connectivity index (χ1v) is 3.91. The summed E-state index contributed by atoms with van der Waals surface area (Å²) in [5.41, 5.74) is 5.40. The van der Waals surface area contributed by atoms with Crippen LogP contribution in [-0.4, -0.2) is 29.7 Å². The summed E-state index contributed by atoms with van der Waals surface area (Å²) in [5, 5.41) is 0. The largest absolute Gasteiger partial charge is 0.364 e. The van der Waals surface area contributed by atoms with Crippen LogP contribution in [0.25, 0.3) is 0 Å². The minimum absolute atomic E-state index is 0.354. The monoisotopic (exact) mass is 167 g/mol. The first kappa shape index (κ1) is 8.77. The number of aliphatic imine (C=N–C) groups is 1. The molecular formula is C8H13N3O. The lowest BCUT2D eigenvalue weighted by Crippen LogP contribution is -2.32. The van der Waals surface area contributed by atoms with Crippen molar-refractivity contribution >= 4 is 12.2 Å². The summed E-state index contributed by atoms with van der Waals surface area (Å²) in [6.45, 7) is 4.84. The van der Waals surface area contributed by atoms with Gasteiger partial charge in [0.05, 0.1) is 6.34 Å². The second-order valence-corrected chi connectivity index (χ2v) is 2.99. The van der Waals surface area contributed by atoms with Gasteiger partial charge in [0.15, 0.2) is 0 Å². The van der Waals surface area contributed by atoms with E-state index in [1.807, 2.05) is 4.90 Å². The average molecular weight is 167 g/mol. The number of hydrogen-bond acceptors (Lipinski definition) is 3. The zero-order valence-corrected chi connectivity index (χ0v) is 7.32. The predicted molar refractivity (Wildman–Crippen MR) is 47.6 cm³/mol. The molecule has 4 nitrogen and oxygen atoms in total. The second-order valence-electron chi connectivity index (χ2n) is 2.99. The summed E-state index contributed by atoms with van der Waals surface area (Å²) >= 11 is 0. The molecule has 1 rings (SSSR count). The summed E-state index contributed by atoms with van der Waals surface area (Å²) < 4.78 is 0. The SMILES string of the molecule is CC(C)N1C=NC(C(N)=O)=CC1. The lowest BCUT2D eigenvalue weighted by Gasteiger charge is -2.24. The topological polar surface area (TPSA) is 58.7 Å². The normalized spacial score (nSPS) is 16.6. The minimum atomic E-state index is -0.463. The van der Waals surface area contributed by atoms with Gasteiger partial charge < -0.3 is 10.6 Å². The molecule has 0 saturated heterocycles. The third kappa shape index (κ3) is 1.84. The number of amides is 1. The van der Waals surface area contributed by atoms with Gasteiger partial charge in [-0.25, -0.2) is 4.99 Å². The van der Waals surface area contributed by atoms with Crippen molar-refractivity contribution in [3.8, 4) is 0 Å². The second kappa shape index (κ2) is 3.38. The van der Waals surface area contributed by atoms with Gasteiger partial charge in [-0.2, -0.15) is 0 Å². The van der Waals surface area contributed by atoms with Gasteiger partial charge in [-0.3, -0.25) is 4.79 Å². The molecular weight excluding hydrogens is 154 g/mol. The van der Waals surface area contributed by atoms with Gasteiger partial charge in [-0.05, 0) is 19.9 Å². The molecule has 0 unspecified atom stereocenters. The zero-order valence-electron chi connectivity index (χ0n) is 7.32. The minimum Gasteiger partial charge on any atom is -0.364 e. The fourth-order valence-corrected chi connectivity index (χ4v) is 0.936. The quantitative estimate of drug-likeness (QED) is 0.634. The van der Waals surface area contributed by atoms with Crippen LogP contribution in [0.15, 0.2) is 16.8 Å². The van der Waals surface area contributed by atoms with Crippen LogP contribution in [0, 0.1) is 0 Å². The maximum Gasteiger partial charge on any atom is 0.267 e. The Hall–Kier alpha value is -1.32. The van der Waals surface area contributed by atoms with E-state index in [1.54, 1.807) is 12.4 Å². The molecule has 4 heteroatoms. The molecule has 1 aliphatic rings. The molecule has 0 bridgehead atoms. The highest BCUT2D eigenvalue weighted by molar-refractivity contribution is 5.93. The Balaban J connectivity index is 2.61. The molecule has 1 heterocycles. The number of rotatable bonds is 2. The lowest BCUT2D eigenvalue weighted by molar-refractivity contribution is -0.114. The van der Waals surface area contributed by atoms with Crippen molar-refractivity contribution < 1.29 is 4.79 Å². The standard InChI is InChI=1S/C8H13N3O/c1-6(2)11-4-3-7(8(9)12)10-5-11/h3,5-6H,4H2,1-2H3,(H2,9,12). The summed E-state index contributed by atoms with van der Waals surface area (Å²) in [7, 11) is 0. The van der Waals surface area contributed by atoms with Gasteiger partial charge in [-0.15, -0.1) is 0 Å². The molecule has 1 aliphatic heterocycles. The molecule has 2 N–H and O–H groups in total. The molecule has 12 heavy (non-hydrogen) atoms. The van der Waals surface area contributed by atoms with Crippen molar-refractivity contribution in [1.82, 2.24) is 4.90 Å². The molecule has 0 aromatic rings. The summed E-state index contributed by atoms with van der Waals surface area (Å²) in [6, 6.07) is 0.402. The number of hydrogen-bond donors (Lipinski definition) is 1. The zero-order chi connectivity index (χ0) is 9.14. The van der Waals surface area contributed by atoms with Crippen molar-refractivity contribution in [2.75, 3.05) is 6.54 Å². The van der Waals surface area contributed by atoms with E-state index in [1.165, 1.54) is 0 Å². The van der Waals surface area contributed by atoms with Gasteiger partial charge in [0.1, 0.15) is 5.70 Å². The Morgan fingerprint density at radius 1 is 1.75 bits per heavy atom. The predicted octanol–water partition coefficient (Wildman–Crippen LogP) is 0.108. The first-order chi connectivity index (χ1) is 5.61. The van der Waals surface area contributed by atoms with Gasteiger partial charge in [-0.1, -0.05) is 0 Å². The number of carbonyl (C=O) groups is 1. The van der Waals surface area contributed by atoms with Crippen LogP contribution in [0.1, 0.15) is 13.8 Å². The Labute approximate surface area is 71.8 Å². The maximum atomic E-state index is 10.7. The molecule has 0 saturated carbocycles. The van der Waals surface area contributed by atoms with E-state index in [4.69, 9.17) is 5.73 Å². The molecule has 0 spiro atoms. The third-order valence-corrected chi connectivity index (χ3v) is 1.76. The fourth-order valence-electron chi connectivity index (χ4n) is 0.936. The van der Waals surface area contributed by atoms with Gasteiger partial charge in [0, 0.05) is 12.6 Å². The van der Waals surface area contributed by atoms with Gasteiger partial charge in [0.2, 0.25) is 0 Å². The molecule has 66 valence electrons. The van der Waals surface area contributed by atoms with Gasteiger partial charge >= 0.3 is 0 Å². The molecule has 1 amide bonds. The average Bonchev–Trinajstić information content (AvgIpc) is 2.04. The Bertz CT molecular complexity index is 243. The number of nitrogens with zero attached hydrogens (tertiary/aromatic N) is 2. The van der Waals surface area contributed by atoms with Crippen LogP contribution in [0.5, 0.6) is 0 Å². The number of nitrogens with two attached hydrogens (primary N) is 1. The Kier molecular flexibility index (Phi) is 2.47. The van der Waals surface area contributed by atoms with Crippen LogP contribution < -0.4 is 5.73 Å². The lowest BCUT2D eigenvalue weighted by atomic mass is 10.3. The Morgan fingerprint density at radius 2 is 2.42 bits per heavy atom. The van der Waals surface area contributed by atoms with E-state index < -0.39 is 5.91 Å². The van der Waals surface area contributed by atoms with E-state index in [0.717, 1.165) is 0 Å². The van der Waals surface area contributed by atoms with Crippen molar-refractivity contribution in [2.24, 2.45) is 10.7 Å². The summed E-state index contributed by atoms with van der Waals surface area (Å²) in [6.07, 6.45) is 3.40. The van der Waals surface area contributed by atoms with Crippen LogP contribution in [0.4, 0.5) is 0 Å². The van der Waals surface area contributed by atoms with E-state index >= 15 is 0 Å². The number of primary amides is 1. The van der Waals surface area contributed by atoms with Crippen molar-refractivity contribution in [3.63, 3.8) is 0 Å². The van der Waals surface area contributed by atoms with Crippen LogP contribution in [0.2, 0.25) is 0 Å². The summed E-state index contributed by atoms with van der Waals surface area (Å²) in [5.74, 6) is -0.463. The Morgan fingerprint density at radius 3 is 2.75 bits per heavy atom. The van der Waals surface area contributed by atoms with Crippen molar-refractivity contribution in [3.05, 3.63) is 11.8 Å². The summed E-state index contributed by atoms with van der Waals surface area (Å²) in [4.78, 5) is 16.6. The highest BCUT2D eigenvalue weighted by atomic mass is 16.1. The molecule has 0 atom stereocenters. The molecule has 0 aliphatic carbocycles. The van der Waals surface area contributed by atoms with Crippen LogP contribution in [0.3, 0.4) is 0 Å². The van der Waals surface area contributed by atoms with Crippen LogP contribution >= 0.6 is 0 Å². The fraction of sp³-hybridized carbons (Fsp3) is 0.500. The van der Waals surface area contributed by atoms with E-state index in [9.17, 15) is 4.79 Å². The molecule has 0 aromatic heterocycles. The smallest absolute Gasteiger partial charge is 0.267 e. The third-order valence-electron chi connectivity index (χ3n) is 1.76. The van der Waals surface area contributed by atoms with Crippen molar-refractivity contribution in [2.45, 2.75) is 19.9 Å². The maximum absolute atomic E-state index is 10.7. The highest BCUT2D eigenvalue weighted by Crippen LogP contribution is 2.05. The number of carbonyl (C=O) groups excluding carboxylic acids is 1. The van der Waals surface area contributed by atoms with Crippen molar-refractivity contribution in [1.29, 1.82) is 0 Å². The van der Waals surface area contributed by atoms with E-state index in [0.29, 0.717) is 18.3 Å². The highest BCUT2D eigenvalue weighted by Gasteiger charge is 2.11. The van der Waals surface area contributed by atoms with E-state index in [-0.39, 0.29) is 0 Å². The van der Waals surface area contributed by atoms with Gasteiger partial charge in [0.25, 0.3) is 5.91 Å². The molecule has 0 radical (unpaired) electrons. The molecule has 0 fully saturated rings. The van der Waals surface area contributed by atoms with Crippen LogP contribution in [-0.2, 0) is 4.79 Å². The first-order valence-electron chi connectivity index (χ1n) is 3.91. The van der Waals surface area contributed by atoms with E-state index in [2.05, 4.69) is 18.8 Å².